The van der Waals surface area contributed by atoms with Crippen molar-refractivity contribution in [2.75, 3.05) is 13.1 Å². The topological polar surface area (TPSA) is 50.3 Å². The molecule has 2 heterocycles. The number of hydrogen-bond acceptors (Lipinski definition) is 3. The summed E-state index contributed by atoms with van der Waals surface area (Å²) in [6.45, 7) is 1.14. The zero-order chi connectivity index (χ0) is 20.4. The van der Waals surface area contributed by atoms with Crippen LogP contribution in [0.2, 0.25) is 10.0 Å². The van der Waals surface area contributed by atoms with Crippen LogP contribution < -0.4 is 0 Å². The van der Waals surface area contributed by atoms with Gasteiger partial charge in [-0.2, -0.15) is 0 Å². The Balaban J connectivity index is 1.41. The Morgan fingerprint density at radius 1 is 0.966 bits per heavy atom. The Hall–Kier alpha value is -2.43. The summed E-state index contributed by atoms with van der Waals surface area (Å²) in [5.74, 6) is -0.470. The van der Waals surface area contributed by atoms with E-state index in [-0.39, 0.29) is 12.2 Å². The summed E-state index contributed by atoms with van der Waals surface area (Å²) in [7, 11) is 0. The number of Topliss-reactive ketones (excluding diaryl/α,β-unsaturated/α-hetero) is 1. The number of benzene rings is 2. The molecule has 1 aliphatic rings. The molecule has 0 bridgehead atoms. The third kappa shape index (κ3) is 4.44. The first-order chi connectivity index (χ1) is 14.0. The van der Waals surface area contributed by atoms with Crippen LogP contribution in [0, 0.1) is 0 Å². The van der Waals surface area contributed by atoms with E-state index in [0.29, 0.717) is 29.1 Å². The van der Waals surface area contributed by atoms with Gasteiger partial charge >= 0.3 is 0 Å². The van der Waals surface area contributed by atoms with Crippen molar-refractivity contribution in [1.29, 1.82) is 0 Å². The molecule has 0 atom stereocenters. The van der Waals surface area contributed by atoms with Crippen molar-refractivity contribution >= 4 is 45.8 Å². The summed E-state index contributed by atoms with van der Waals surface area (Å²) in [5, 5.41) is 2.36. The average molecular weight is 427 g/mol. The molecular formula is C23H20Cl2N2O2. The lowest BCUT2D eigenvalue weighted by atomic mass is 9.87. The molecule has 0 spiro atoms. The second-order valence-corrected chi connectivity index (χ2v) is 8.23. The van der Waals surface area contributed by atoms with Gasteiger partial charge < -0.3 is 4.90 Å². The number of likely N-dealkylation sites (tertiary alicyclic amines) is 1. The molecule has 2 aromatic carbocycles. The number of aromatic nitrogens is 1. The van der Waals surface area contributed by atoms with Crippen LogP contribution in [0.4, 0.5) is 0 Å². The molecule has 1 aliphatic heterocycles. The predicted molar refractivity (Wildman–Crippen MR) is 115 cm³/mol. The van der Waals surface area contributed by atoms with E-state index in [9.17, 15) is 9.59 Å². The highest BCUT2D eigenvalue weighted by atomic mass is 35.5. The Morgan fingerprint density at radius 2 is 1.66 bits per heavy atom. The second kappa shape index (κ2) is 8.52. The Labute approximate surface area is 179 Å². The fourth-order valence-electron chi connectivity index (χ4n) is 3.93. The number of rotatable bonds is 4. The van der Waals surface area contributed by atoms with Gasteiger partial charge in [-0.25, -0.2) is 0 Å². The maximum atomic E-state index is 12.6. The van der Waals surface area contributed by atoms with Gasteiger partial charge in [0.15, 0.2) is 0 Å². The van der Waals surface area contributed by atoms with E-state index in [1.165, 1.54) is 5.56 Å². The summed E-state index contributed by atoms with van der Waals surface area (Å²) in [6, 6.07) is 14.8. The van der Waals surface area contributed by atoms with E-state index in [4.69, 9.17) is 23.2 Å². The van der Waals surface area contributed by atoms with Crippen molar-refractivity contribution in [2.45, 2.75) is 25.2 Å². The van der Waals surface area contributed by atoms with Gasteiger partial charge in [-0.15, -0.1) is 0 Å². The summed E-state index contributed by atoms with van der Waals surface area (Å²) in [4.78, 5) is 31.1. The van der Waals surface area contributed by atoms with Crippen LogP contribution in [0.1, 0.15) is 29.9 Å². The number of carbonyl (C=O) groups excluding carboxylic acids is 2. The second-order valence-electron chi connectivity index (χ2n) is 7.35. The first kappa shape index (κ1) is 19.9. The molecule has 4 nitrogen and oxygen atoms in total. The molecule has 1 amide bonds. The summed E-state index contributed by atoms with van der Waals surface area (Å²) >= 11 is 12.0. The quantitative estimate of drug-likeness (QED) is 0.547. The van der Waals surface area contributed by atoms with Crippen molar-refractivity contribution in [3.63, 3.8) is 0 Å². The van der Waals surface area contributed by atoms with Crippen molar-refractivity contribution in [3.8, 4) is 0 Å². The van der Waals surface area contributed by atoms with Gasteiger partial charge in [0.05, 0.1) is 5.52 Å². The number of halogens is 2. The maximum Gasteiger partial charge on any atom is 0.290 e. The highest BCUT2D eigenvalue weighted by Crippen LogP contribution is 2.33. The Kier molecular flexibility index (Phi) is 5.84. The van der Waals surface area contributed by atoms with Gasteiger partial charge in [-0.1, -0.05) is 35.3 Å². The van der Waals surface area contributed by atoms with Crippen molar-refractivity contribution in [3.05, 3.63) is 75.9 Å². The number of piperidine rings is 1. The van der Waals surface area contributed by atoms with Crippen molar-refractivity contribution in [1.82, 2.24) is 9.88 Å². The smallest absolute Gasteiger partial charge is 0.290 e. The first-order valence-corrected chi connectivity index (χ1v) is 10.4. The molecule has 1 fully saturated rings. The molecule has 0 N–H and O–H groups in total. The van der Waals surface area contributed by atoms with E-state index < -0.39 is 5.91 Å². The number of nitrogens with zero attached hydrogens (tertiary/aromatic N) is 2. The fourth-order valence-corrected chi connectivity index (χ4v) is 4.23. The standard InChI is InChI=1S/C23H20Cl2N2O2/c24-17-3-1-15(2-4-17)13-22(28)23(29)27-11-8-16(9-12-27)19-7-10-26-21-6-5-18(25)14-20(19)21/h1-7,10,14,16H,8-9,11-13H2. The predicted octanol–water partition coefficient (Wildman–Crippen LogP) is 5.06. The number of amides is 1. The number of hydrogen-bond donors (Lipinski definition) is 0. The highest BCUT2D eigenvalue weighted by molar-refractivity contribution is 6.36. The van der Waals surface area contributed by atoms with Gasteiger partial charge in [0.2, 0.25) is 5.78 Å². The molecule has 1 saturated heterocycles. The number of fused-ring (bicyclic) bond motifs is 1. The largest absolute Gasteiger partial charge is 0.336 e. The number of pyridine rings is 1. The van der Waals surface area contributed by atoms with Crippen LogP contribution in [0.5, 0.6) is 0 Å². The lowest BCUT2D eigenvalue weighted by molar-refractivity contribution is -0.145. The Bertz CT molecular complexity index is 1060. The van der Waals surface area contributed by atoms with E-state index in [1.807, 2.05) is 30.5 Å². The van der Waals surface area contributed by atoms with Crippen molar-refractivity contribution in [2.24, 2.45) is 0 Å². The van der Waals surface area contributed by atoms with E-state index in [1.54, 1.807) is 29.2 Å². The fraction of sp³-hybridized carbons (Fsp3) is 0.261. The minimum Gasteiger partial charge on any atom is -0.336 e. The Morgan fingerprint density at radius 3 is 2.38 bits per heavy atom. The lowest BCUT2D eigenvalue weighted by Gasteiger charge is -2.32. The molecule has 6 heteroatoms. The van der Waals surface area contributed by atoms with Gasteiger partial charge in [0.1, 0.15) is 0 Å². The zero-order valence-electron chi connectivity index (χ0n) is 15.8. The minimum atomic E-state index is -0.402. The minimum absolute atomic E-state index is 0.101. The summed E-state index contributed by atoms with van der Waals surface area (Å²) < 4.78 is 0. The normalized spacial score (nSPS) is 14.9. The van der Waals surface area contributed by atoms with Crippen LogP contribution in [-0.2, 0) is 16.0 Å². The molecule has 0 aliphatic carbocycles. The van der Waals surface area contributed by atoms with Crippen LogP contribution in [-0.4, -0.2) is 34.7 Å². The maximum absolute atomic E-state index is 12.6. The molecule has 3 aromatic rings. The summed E-state index contributed by atoms with van der Waals surface area (Å²) in [5.41, 5.74) is 2.92. The van der Waals surface area contributed by atoms with E-state index in [2.05, 4.69) is 4.98 Å². The van der Waals surface area contributed by atoms with E-state index >= 15 is 0 Å². The molecule has 29 heavy (non-hydrogen) atoms. The molecule has 0 saturated carbocycles. The van der Waals surface area contributed by atoms with Crippen LogP contribution >= 0.6 is 23.2 Å². The zero-order valence-corrected chi connectivity index (χ0v) is 17.3. The average Bonchev–Trinajstić information content (AvgIpc) is 2.74. The third-order valence-electron chi connectivity index (χ3n) is 5.48. The summed E-state index contributed by atoms with van der Waals surface area (Å²) in [6.07, 6.45) is 3.54. The SMILES string of the molecule is O=C(Cc1ccc(Cl)cc1)C(=O)N1CCC(c2ccnc3ccc(Cl)cc23)CC1. The third-order valence-corrected chi connectivity index (χ3v) is 5.96. The van der Waals surface area contributed by atoms with Crippen LogP contribution in [0.25, 0.3) is 10.9 Å². The monoisotopic (exact) mass is 426 g/mol. The van der Waals surface area contributed by atoms with Gasteiger partial charge in [-0.3, -0.25) is 14.6 Å². The molecule has 0 radical (unpaired) electrons. The van der Waals surface area contributed by atoms with Gasteiger partial charge in [0, 0.05) is 41.1 Å². The highest BCUT2D eigenvalue weighted by Gasteiger charge is 2.28. The molecular weight excluding hydrogens is 407 g/mol. The van der Waals surface area contributed by atoms with Gasteiger partial charge in [0.25, 0.3) is 5.91 Å². The molecule has 1 aromatic heterocycles. The van der Waals surface area contributed by atoms with Crippen LogP contribution in [0.15, 0.2) is 54.7 Å². The lowest BCUT2D eigenvalue weighted by Crippen LogP contribution is -2.42. The molecule has 148 valence electrons. The van der Waals surface area contributed by atoms with Crippen molar-refractivity contribution < 1.29 is 9.59 Å². The number of carbonyl (C=O) groups is 2. The molecule has 0 unspecified atom stereocenters. The molecule has 4 rings (SSSR count). The van der Waals surface area contributed by atoms with Gasteiger partial charge in [-0.05, 0) is 66.3 Å². The first-order valence-electron chi connectivity index (χ1n) is 9.62. The van der Waals surface area contributed by atoms with E-state index in [0.717, 1.165) is 29.3 Å². The van der Waals surface area contributed by atoms with Crippen LogP contribution in [0.3, 0.4) is 0 Å². The number of ketones is 1.